The lowest BCUT2D eigenvalue weighted by Gasteiger charge is -2.14. The normalized spacial score (nSPS) is 12.1. The summed E-state index contributed by atoms with van der Waals surface area (Å²) in [5, 5.41) is 5.10. The number of quaternary nitrogens is 1. The monoisotopic (exact) mass is 323 g/mol. The smallest absolute Gasteiger partial charge is 0.279 e. The number of amides is 1. The highest BCUT2D eigenvalue weighted by Crippen LogP contribution is 2.22. The van der Waals surface area contributed by atoms with Crippen molar-refractivity contribution >= 4 is 22.4 Å². The van der Waals surface area contributed by atoms with Gasteiger partial charge in [-0.1, -0.05) is 48.5 Å². The van der Waals surface area contributed by atoms with Crippen LogP contribution in [0.25, 0.3) is 10.8 Å². The van der Waals surface area contributed by atoms with Crippen molar-refractivity contribution in [3.63, 3.8) is 0 Å². The molecule has 3 nitrogen and oxygen atoms in total. The van der Waals surface area contributed by atoms with Gasteiger partial charge in [0.05, 0.1) is 7.05 Å². The Morgan fingerprint density at radius 2 is 1.79 bits per heavy atom. The Morgan fingerprint density at radius 3 is 2.62 bits per heavy atom. The van der Waals surface area contributed by atoms with Crippen LogP contribution in [0.1, 0.15) is 5.56 Å². The number of hydrogen-bond donors (Lipinski definition) is 2. The van der Waals surface area contributed by atoms with E-state index in [1.807, 2.05) is 55.6 Å². The molecule has 0 aromatic heterocycles. The quantitative estimate of drug-likeness (QED) is 0.743. The Balaban J connectivity index is 1.64. The highest BCUT2D eigenvalue weighted by atomic mass is 19.1. The minimum atomic E-state index is -0.250. The minimum absolute atomic E-state index is 0.0553. The van der Waals surface area contributed by atoms with Gasteiger partial charge in [-0.25, -0.2) is 4.39 Å². The molecule has 4 heteroatoms. The third-order valence-electron chi connectivity index (χ3n) is 3.92. The van der Waals surface area contributed by atoms with Crippen LogP contribution in [0.5, 0.6) is 0 Å². The molecule has 0 fully saturated rings. The highest BCUT2D eigenvalue weighted by Gasteiger charge is 2.12. The summed E-state index contributed by atoms with van der Waals surface area (Å²) in [4.78, 5) is 13.3. The van der Waals surface area contributed by atoms with Crippen molar-refractivity contribution in [1.82, 2.24) is 0 Å². The first kappa shape index (κ1) is 16.1. The standard InChI is InChI=1S/C20H19FN2O/c1-23(13-15-6-4-9-17(21)12-15)14-20(24)22-19-11-5-8-16-7-2-3-10-18(16)19/h2-12H,13-14H2,1H3,(H,22,24)/p+1. The number of nitrogens with one attached hydrogen (secondary N) is 2. The summed E-state index contributed by atoms with van der Waals surface area (Å²) in [6.07, 6.45) is 0. The molecule has 3 aromatic carbocycles. The van der Waals surface area contributed by atoms with Gasteiger partial charge in [0.25, 0.3) is 5.91 Å². The molecule has 24 heavy (non-hydrogen) atoms. The number of carbonyl (C=O) groups excluding carboxylic acids is 1. The van der Waals surface area contributed by atoms with Crippen LogP contribution in [0.15, 0.2) is 66.7 Å². The number of benzene rings is 3. The summed E-state index contributed by atoms with van der Waals surface area (Å²) < 4.78 is 13.2. The van der Waals surface area contributed by atoms with Gasteiger partial charge in [-0.15, -0.1) is 0 Å². The molecule has 0 aliphatic rings. The highest BCUT2D eigenvalue weighted by molar-refractivity contribution is 6.02. The van der Waals surface area contributed by atoms with Crippen LogP contribution in [0, 0.1) is 5.82 Å². The fourth-order valence-electron chi connectivity index (χ4n) is 2.86. The average molecular weight is 323 g/mol. The topological polar surface area (TPSA) is 33.5 Å². The maximum atomic E-state index is 13.2. The van der Waals surface area contributed by atoms with E-state index in [2.05, 4.69) is 5.32 Å². The predicted octanol–water partition coefficient (Wildman–Crippen LogP) is 2.63. The minimum Gasteiger partial charge on any atom is -0.326 e. The van der Waals surface area contributed by atoms with Crippen molar-refractivity contribution in [2.45, 2.75) is 6.54 Å². The summed E-state index contributed by atoms with van der Waals surface area (Å²) in [5.41, 5.74) is 1.70. The van der Waals surface area contributed by atoms with Gasteiger partial charge in [0, 0.05) is 16.6 Å². The first-order chi connectivity index (χ1) is 11.6. The van der Waals surface area contributed by atoms with Crippen molar-refractivity contribution in [3.05, 3.63) is 78.1 Å². The van der Waals surface area contributed by atoms with E-state index in [1.165, 1.54) is 12.1 Å². The number of fused-ring (bicyclic) bond motifs is 1. The van der Waals surface area contributed by atoms with Crippen molar-refractivity contribution in [3.8, 4) is 0 Å². The van der Waals surface area contributed by atoms with Crippen LogP contribution in [0.3, 0.4) is 0 Å². The van der Waals surface area contributed by atoms with Crippen LogP contribution in [-0.2, 0) is 11.3 Å². The number of halogens is 1. The van der Waals surface area contributed by atoms with Gasteiger partial charge >= 0.3 is 0 Å². The molecule has 1 amide bonds. The van der Waals surface area contributed by atoms with E-state index < -0.39 is 0 Å². The zero-order valence-electron chi connectivity index (χ0n) is 13.6. The number of hydrogen-bond acceptors (Lipinski definition) is 1. The molecule has 0 bridgehead atoms. The van der Waals surface area contributed by atoms with Crippen molar-refractivity contribution < 1.29 is 14.1 Å². The third-order valence-corrected chi connectivity index (χ3v) is 3.92. The zero-order chi connectivity index (χ0) is 16.9. The van der Waals surface area contributed by atoms with Gasteiger partial charge in [0.1, 0.15) is 12.4 Å². The molecule has 2 N–H and O–H groups in total. The Hall–Kier alpha value is -2.72. The summed E-state index contributed by atoms with van der Waals surface area (Å²) in [5.74, 6) is -0.305. The Bertz CT molecular complexity index is 858. The van der Waals surface area contributed by atoms with E-state index in [0.717, 1.165) is 26.9 Å². The second-order valence-corrected chi connectivity index (χ2v) is 6.02. The number of carbonyl (C=O) groups is 1. The molecule has 3 aromatic rings. The lowest BCUT2D eigenvalue weighted by Crippen LogP contribution is -3.08. The van der Waals surface area contributed by atoms with E-state index in [9.17, 15) is 9.18 Å². The van der Waals surface area contributed by atoms with Gasteiger partial charge < -0.3 is 10.2 Å². The number of likely N-dealkylation sites (N-methyl/N-ethyl adjacent to an activating group) is 1. The maximum absolute atomic E-state index is 13.2. The second kappa shape index (κ2) is 7.23. The molecular weight excluding hydrogens is 303 g/mol. The lowest BCUT2D eigenvalue weighted by atomic mass is 10.1. The van der Waals surface area contributed by atoms with Crippen LogP contribution in [0.4, 0.5) is 10.1 Å². The molecule has 0 heterocycles. The number of anilines is 1. The Morgan fingerprint density at radius 1 is 1.04 bits per heavy atom. The first-order valence-electron chi connectivity index (χ1n) is 7.95. The third kappa shape index (κ3) is 3.97. The molecule has 122 valence electrons. The van der Waals surface area contributed by atoms with Crippen LogP contribution >= 0.6 is 0 Å². The molecule has 1 atom stereocenters. The van der Waals surface area contributed by atoms with E-state index in [1.54, 1.807) is 6.07 Å². The zero-order valence-corrected chi connectivity index (χ0v) is 13.6. The van der Waals surface area contributed by atoms with Crippen LogP contribution in [0.2, 0.25) is 0 Å². The first-order valence-corrected chi connectivity index (χ1v) is 7.95. The molecule has 0 aliphatic heterocycles. The molecule has 0 saturated carbocycles. The van der Waals surface area contributed by atoms with Crippen molar-refractivity contribution in [2.24, 2.45) is 0 Å². The van der Waals surface area contributed by atoms with E-state index >= 15 is 0 Å². The molecule has 1 unspecified atom stereocenters. The summed E-state index contributed by atoms with van der Waals surface area (Å²) in [6.45, 7) is 0.917. The van der Waals surface area contributed by atoms with E-state index in [-0.39, 0.29) is 11.7 Å². The van der Waals surface area contributed by atoms with Crippen LogP contribution < -0.4 is 10.2 Å². The Labute approximate surface area is 140 Å². The predicted molar refractivity (Wildman–Crippen MR) is 94.4 cm³/mol. The van der Waals surface area contributed by atoms with Crippen molar-refractivity contribution in [2.75, 3.05) is 18.9 Å². The molecule has 0 spiro atoms. The van der Waals surface area contributed by atoms with Gasteiger partial charge in [0.2, 0.25) is 0 Å². The molecule has 3 rings (SSSR count). The van der Waals surface area contributed by atoms with Gasteiger partial charge in [-0.2, -0.15) is 0 Å². The SMILES string of the molecule is C[NH+](CC(=O)Nc1cccc2ccccc12)Cc1cccc(F)c1. The molecular formula is C20H20FN2O+. The fraction of sp³-hybridized carbons (Fsp3) is 0.150. The van der Waals surface area contributed by atoms with Gasteiger partial charge in [-0.05, 0) is 23.6 Å². The van der Waals surface area contributed by atoms with E-state index in [4.69, 9.17) is 0 Å². The summed E-state index contributed by atoms with van der Waals surface area (Å²) in [6, 6.07) is 20.3. The summed E-state index contributed by atoms with van der Waals surface area (Å²) >= 11 is 0. The van der Waals surface area contributed by atoms with Crippen LogP contribution in [-0.4, -0.2) is 19.5 Å². The van der Waals surface area contributed by atoms with E-state index in [0.29, 0.717) is 13.1 Å². The average Bonchev–Trinajstić information content (AvgIpc) is 2.55. The summed E-state index contributed by atoms with van der Waals surface area (Å²) in [7, 11) is 1.92. The molecule has 0 aliphatic carbocycles. The van der Waals surface area contributed by atoms with Crippen molar-refractivity contribution in [1.29, 1.82) is 0 Å². The maximum Gasteiger partial charge on any atom is 0.279 e. The second-order valence-electron chi connectivity index (χ2n) is 6.02. The number of rotatable bonds is 5. The fourth-order valence-corrected chi connectivity index (χ4v) is 2.86. The molecule has 0 saturated heterocycles. The van der Waals surface area contributed by atoms with Gasteiger partial charge in [0.15, 0.2) is 6.54 Å². The Kier molecular flexibility index (Phi) is 4.87. The largest absolute Gasteiger partial charge is 0.326 e. The molecule has 0 radical (unpaired) electrons. The lowest BCUT2D eigenvalue weighted by molar-refractivity contribution is -0.885. The van der Waals surface area contributed by atoms with Gasteiger partial charge in [-0.3, -0.25) is 4.79 Å².